The molecule has 0 saturated carbocycles. The maximum absolute atomic E-state index is 12.6. The van der Waals surface area contributed by atoms with E-state index in [1.165, 1.54) is 0 Å². The number of para-hydroxylation sites is 2. The number of pyridine rings is 1. The number of amides is 1. The van der Waals surface area contributed by atoms with Crippen LogP contribution in [0.15, 0.2) is 42.6 Å². The van der Waals surface area contributed by atoms with Crippen molar-refractivity contribution in [2.75, 3.05) is 20.2 Å². The van der Waals surface area contributed by atoms with E-state index in [-0.39, 0.29) is 5.91 Å². The van der Waals surface area contributed by atoms with Crippen molar-refractivity contribution in [2.45, 2.75) is 18.8 Å². The number of carbonyl (C=O) groups excluding carboxylic acids is 1. The molecule has 1 N–H and O–H groups in total. The lowest BCUT2D eigenvalue weighted by molar-refractivity contribution is 0.0711. The third-order valence-corrected chi connectivity index (χ3v) is 4.77. The minimum atomic E-state index is 0.0261. The third-order valence-electron chi connectivity index (χ3n) is 4.77. The zero-order valence-corrected chi connectivity index (χ0v) is 14.1. The molecule has 0 radical (unpaired) electrons. The van der Waals surface area contributed by atoms with E-state index < -0.39 is 0 Å². The fraction of sp³-hybridized carbons (Fsp3) is 0.316. The monoisotopic (exact) mass is 336 g/mol. The molecule has 2 aromatic heterocycles. The Labute approximate surface area is 145 Å². The molecule has 0 spiro atoms. The highest BCUT2D eigenvalue weighted by atomic mass is 16.5. The molecule has 0 atom stereocenters. The molecular formula is C19H20N4O2. The van der Waals surface area contributed by atoms with Gasteiger partial charge in [-0.1, -0.05) is 12.1 Å². The molecule has 0 aliphatic carbocycles. The van der Waals surface area contributed by atoms with Crippen LogP contribution in [0.2, 0.25) is 0 Å². The standard InChI is InChI=1S/C19H20N4O2/c1-25-17-7-6-14(12-20-17)19(24)23-10-8-13(9-11-23)18-21-15-4-2-3-5-16(15)22-18/h2-7,12-13H,8-11H2,1H3,(H,21,22). The summed E-state index contributed by atoms with van der Waals surface area (Å²) in [6.45, 7) is 1.46. The highest BCUT2D eigenvalue weighted by Crippen LogP contribution is 2.28. The average molecular weight is 336 g/mol. The van der Waals surface area contributed by atoms with Crippen LogP contribution in [-0.4, -0.2) is 46.0 Å². The van der Waals surface area contributed by atoms with E-state index in [2.05, 4.69) is 9.97 Å². The summed E-state index contributed by atoms with van der Waals surface area (Å²) in [5.41, 5.74) is 2.67. The van der Waals surface area contributed by atoms with Gasteiger partial charge in [-0.05, 0) is 31.0 Å². The molecule has 3 aromatic rings. The number of rotatable bonds is 3. The fourth-order valence-electron chi connectivity index (χ4n) is 3.33. The smallest absolute Gasteiger partial charge is 0.255 e. The molecule has 1 aliphatic rings. The van der Waals surface area contributed by atoms with Gasteiger partial charge in [-0.3, -0.25) is 4.79 Å². The van der Waals surface area contributed by atoms with Gasteiger partial charge in [0.25, 0.3) is 5.91 Å². The van der Waals surface area contributed by atoms with Gasteiger partial charge in [0, 0.05) is 31.3 Å². The second kappa shape index (κ2) is 6.55. The number of methoxy groups -OCH3 is 1. The summed E-state index contributed by atoms with van der Waals surface area (Å²) in [6.07, 6.45) is 3.40. The molecule has 25 heavy (non-hydrogen) atoms. The summed E-state index contributed by atoms with van der Waals surface area (Å²) in [5, 5.41) is 0. The van der Waals surface area contributed by atoms with Gasteiger partial charge in [0.2, 0.25) is 5.88 Å². The van der Waals surface area contributed by atoms with Crippen LogP contribution in [0.1, 0.15) is 34.9 Å². The maximum atomic E-state index is 12.6. The van der Waals surface area contributed by atoms with Crippen molar-refractivity contribution in [3.05, 3.63) is 54.0 Å². The van der Waals surface area contributed by atoms with Gasteiger partial charge >= 0.3 is 0 Å². The van der Waals surface area contributed by atoms with Gasteiger partial charge in [-0.2, -0.15) is 0 Å². The Morgan fingerprint density at radius 3 is 2.68 bits per heavy atom. The Kier molecular flexibility index (Phi) is 4.09. The van der Waals surface area contributed by atoms with Gasteiger partial charge in [-0.25, -0.2) is 9.97 Å². The van der Waals surface area contributed by atoms with Crippen molar-refractivity contribution in [1.82, 2.24) is 19.9 Å². The highest BCUT2D eigenvalue weighted by molar-refractivity contribution is 5.94. The van der Waals surface area contributed by atoms with E-state index in [1.54, 1.807) is 25.4 Å². The largest absolute Gasteiger partial charge is 0.481 e. The number of fused-ring (bicyclic) bond motifs is 1. The predicted octanol–water partition coefficient (Wildman–Crippen LogP) is 2.99. The van der Waals surface area contributed by atoms with E-state index in [1.807, 2.05) is 29.2 Å². The number of aromatic nitrogens is 3. The van der Waals surface area contributed by atoms with E-state index >= 15 is 0 Å². The molecule has 6 heteroatoms. The summed E-state index contributed by atoms with van der Waals surface area (Å²) in [4.78, 5) is 26.7. The number of benzene rings is 1. The number of aromatic amines is 1. The first-order chi connectivity index (χ1) is 12.2. The lowest BCUT2D eigenvalue weighted by atomic mass is 9.96. The highest BCUT2D eigenvalue weighted by Gasteiger charge is 2.26. The summed E-state index contributed by atoms with van der Waals surface area (Å²) >= 11 is 0. The Morgan fingerprint density at radius 2 is 2.00 bits per heavy atom. The van der Waals surface area contributed by atoms with E-state index in [4.69, 9.17) is 9.72 Å². The maximum Gasteiger partial charge on any atom is 0.255 e. The molecule has 6 nitrogen and oxygen atoms in total. The molecular weight excluding hydrogens is 316 g/mol. The number of likely N-dealkylation sites (tertiary alicyclic amines) is 1. The number of piperidine rings is 1. The molecule has 1 fully saturated rings. The normalized spacial score (nSPS) is 15.5. The first-order valence-electron chi connectivity index (χ1n) is 8.48. The summed E-state index contributed by atoms with van der Waals surface area (Å²) in [5.74, 6) is 1.93. The second-order valence-corrected chi connectivity index (χ2v) is 6.29. The van der Waals surface area contributed by atoms with E-state index in [0.29, 0.717) is 17.4 Å². The van der Waals surface area contributed by atoms with Crippen LogP contribution in [0.3, 0.4) is 0 Å². The predicted molar refractivity (Wildman–Crippen MR) is 94.8 cm³/mol. The molecule has 128 valence electrons. The van der Waals surface area contributed by atoms with Crippen molar-refractivity contribution in [3.63, 3.8) is 0 Å². The quantitative estimate of drug-likeness (QED) is 0.798. The van der Waals surface area contributed by atoms with E-state index in [0.717, 1.165) is 42.8 Å². The number of imidazole rings is 1. The number of hydrogen-bond acceptors (Lipinski definition) is 4. The number of carbonyl (C=O) groups is 1. The Balaban J connectivity index is 1.42. The summed E-state index contributed by atoms with van der Waals surface area (Å²) < 4.78 is 5.04. The molecule has 1 aromatic carbocycles. The molecule has 1 saturated heterocycles. The second-order valence-electron chi connectivity index (χ2n) is 6.29. The molecule has 1 aliphatic heterocycles. The molecule has 3 heterocycles. The van der Waals surface area contributed by atoms with Crippen LogP contribution in [0.5, 0.6) is 5.88 Å². The van der Waals surface area contributed by atoms with Gasteiger partial charge in [-0.15, -0.1) is 0 Å². The van der Waals surface area contributed by atoms with Gasteiger partial charge < -0.3 is 14.6 Å². The van der Waals surface area contributed by atoms with Crippen LogP contribution in [0.4, 0.5) is 0 Å². The van der Waals surface area contributed by atoms with Crippen molar-refractivity contribution < 1.29 is 9.53 Å². The fourth-order valence-corrected chi connectivity index (χ4v) is 3.33. The Bertz CT molecular complexity index is 847. The number of nitrogens with one attached hydrogen (secondary N) is 1. The Hall–Kier alpha value is -2.89. The number of nitrogens with zero attached hydrogens (tertiary/aromatic N) is 3. The van der Waals surface area contributed by atoms with Crippen LogP contribution >= 0.6 is 0 Å². The number of ether oxygens (including phenoxy) is 1. The topological polar surface area (TPSA) is 71.1 Å². The first kappa shape index (κ1) is 15.6. The average Bonchev–Trinajstić information content (AvgIpc) is 3.12. The van der Waals surface area contributed by atoms with Gasteiger partial charge in [0.1, 0.15) is 5.82 Å². The lowest BCUT2D eigenvalue weighted by Crippen LogP contribution is -2.38. The van der Waals surface area contributed by atoms with Gasteiger partial charge in [0.15, 0.2) is 0 Å². The van der Waals surface area contributed by atoms with Crippen LogP contribution in [0, 0.1) is 0 Å². The first-order valence-corrected chi connectivity index (χ1v) is 8.48. The minimum Gasteiger partial charge on any atom is -0.481 e. The van der Waals surface area contributed by atoms with Crippen LogP contribution in [0.25, 0.3) is 11.0 Å². The zero-order valence-electron chi connectivity index (χ0n) is 14.1. The molecule has 4 rings (SSSR count). The van der Waals surface area contributed by atoms with Crippen molar-refractivity contribution in [3.8, 4) is 5.88 Å². The van der Waals surface area contributed by atoms with E-state index in [9.17, 15) is 4.79 Å². The zero-order chi connectivity index (χ0) is 17.2. The Morgan fingerprint density at radius 1 is 1.20 bits per heavy atom. The third kappa shape index (κ3) is 3.07. The molecule has 1 amide bonds. The SMILES string of the molecule is COc1ccc(C(=O)N2CCC(c3nc4ccccc4[nH]3)CC2)cn1. The van der Waals surface area contributed by atoms with Crippen molar-refractivity contribution in [2.24, 2.45) is 0 Å². The summed E-state index contributed by atoms with van der Waals surface area (Å²) in [6, 6.07) is 11.5. The van der Waals surface area contributed by atoms with Crippen LogP contribution in [-0.2, 0) is 0 Å². The van der Waals surface area contributed by atoms with Crippen molar-refractivity contribution in [1.29, 1.82) is 0 Å². The number of hydrogen-bond donors (Lipinski definition) is 1. The van der Waals surface area contributed by atoms with Crippen LogP contribution < -0.4 is 4.74 Å². The minimum absolute atomic E-state index is 0.0261. The summed E-state index contributed by atoms with van der Waals surface area (Å²) in [7, 11) is 1.56. The molecule has 0 bridgehead atoms. The lowest BCUT2D eigenvalue weighted by Gasteiger charge is -2.31. The van der Waals surface area contributed by atoms with Crippen molar-refractivity contribution >= 4 is 16.9 Å². The molecule has 0 unspecified atom stereocenters. The number of H-pyrrole nitrogens is 1. The van der Waals surface area contributed by atoms with Gasteiger partial charge in [0.05, 0.1) is 23.7 Å².